The number of rotatable bonds is 5. The summed E-state index contributed by atoms with van der Waals surface area (Å²) in [5.74, 6) is -0.279. The lowest BCUT2D eigenvalue weighted by Gasteiger charge is -2.19. The van der Waals surface area contributed by atoms with E-state index in [-0.39, 0.29) is 11.9 Å². The molecule has 5 heteroatoms. The van der Waals surface area contributed by atoms with Crippen molar-refractivity contribution in [3.63, 3.8) is 0 Å². The molecule has 4 nitrogen and oxygen atoms in total. The molecule has 0 amide bonds. The van der Waals surface area contributed by atoms with E-state index in [1.807, 2.05) is 33.5 Å². The molecule has 0 aromatic heterocycles. The van der Waals surface area contributed by atoms with Crippen LogP contribution in [-0.4, -0.2) is 27.1 Å². The van der Waals surface area contributed by atoms with E-state index >= 15 is 0 Å². The molecule has 0 heterocycles. The molecule has 0 aliphatic rings. The van der Waals surface area contributed by atoms with Crippen LogP contribution in [0, 0.1) is 5.92 Å². The Morgan fingerprint density at radius 3 is 2.27 bits per heavy atom. The van der Waals surface area contributed by atoms with Gasteiger partial charge < -0.3 is 9.26 Å². The molecular formula is C10H21NO3Si. The quantitative estimate of drug-likeness (QED) is 0.415. The van der Waals surface area contributed by atoms with Crippen LogP contribution in [0.15, 0.2) is 5.16 Å². The molecule has 0 aliphatic carbocycles. The summed E-state index contributed by atoms with van der Waals surface area (Å²) < 4.78 is 5.36. The minimum absolute atomic E-state index is 0.0637. The van der Waals surface area contributed by atoms with Gasteiger partial charge in [0.25, 0.3) is 0 Å². The van der Waals surface area contributed by atoms with E-state index in [0.717, 1.165) is 6.42 Å². The molecule has 1 atom stereocenters. The Kier molecular flexibility index (Phi) is 5.57. The van der Waals surface area contributed by atoms with Crippen molar-refractivity contribution in [1.29, 1.82) is 0 Å². The first kappa shape index (κ1) is 14.2. The van der Waals surface area contributed by atoms with Gasteiger partial charge in [0.1, 0.15) is 7.11 Å². The monoisotopic (exact) mass is 231 g/mol. The first-order chi connectivity index (χ1) is 6.81. The van der Waals surface area contributed by atoms with Gasteiger partial charge in [-0.2, -0.15) is 0 Å². The molecule has 0 aromatic carbocycles. The minimum Gasteiger partial charge on any atom is -0.515 e. The van der Waals surface area contributed by atoms with Crippen molar-refractivity contribution in [1.82, 2.24) is 0 Å². The molecular weight excluding hydrogens is 210 g/mol. The lowest BCUT2D eigenvalue weighted by atomic mass is 10.0. The third-order valence-corrected chi connectivity index (χ3v) is 2.67. The first-order valence-electron chi connectivity index (χ1n) is 5.16. The van der Waals surface area contributed by atoms with Gasteiger partial charge >= 0.3 is 5.97 Å². The largest absolute Gasteiger partial charge is 0.515 e. The van der Waals surface area contributed by atoms with Gasteiger partial charge in [0, 0.05) is 5.92 Å². The van der Waals surface area contributed by atoms with Crippen molar-refractivity contribution in [2.24, 2.45) is 11.1 Å². The summed E-state index contributed by atoms with van der Waals surface area (Å²) in [4.78, 5) is 16.4. The van der Waals surface area contributed by atoms with Crippen LogP contribution in [0.2, 0.25) is 19.6 Å². The van der Waals surface area contributed by atoms with Gasteiger partial charge in [-0.05, 0) is 26.1 Å². The number of hydrogen-bond acceptors (Lipinski definition) is 4. The Hall–Kier alpha value is -0.843. The standard InChI is InChI=1S/C10H21NO3Si/c1-7-8(2)9(11-13-3)10(12)14-15(4,5)6/h8H,7H2,1-6H3/b11-9-. The predicted octanol–water partition coefficient (Wildman–Crippen LogP) is 2.41. The molecule has 0 aromatic rings. The summed E-state index contributed by atoms with van der Waals surface area (Å²) in [6, 6.07) is 0. The molecule has 0 rings (SSSR count). The van der Waals surface area contributed by atoms with Gasteiger partial charge in [-0.15, -0.1) is 0 Å². The lowest BCUT2D eigenvalue weighted by molar-refractivity contribution is -0.128. The highest BCUT2D eigenvalue weighted by atomic mass is 28.4. The van der Waals surface area contributed by atoms with Crippen LogP contribution < -0.4 is 0 Å². The molecule has 0 aliphatic heterocycles. The highest BCUT2D eigenvalue weighted by molar-refractivity contribution is 6.72. The van der Waals surface area contributed by atoms with Gasteiger partial charge in [0.05, 0.1) is 0 Å². The summed E-state index contributed by atoms with van der Waals surface area (Å²) in [7, 11) is -0.422. The van der Waals surface area contributed by atoms with E-state index in [0.29, 0.717) is 5.71 Å². The number of nitrogens with zero attached hydrogens (tertiary/aromatic N) is 1. The van der Waals surface area contributed by atoms with Crippen LogP contribution in [0.25, 0.3) is 0 Å². The first-order valence-corrected chi connectivity index (χ1v) is 8.57. The van der Waals surface area contributed by atoms with Gasteiger partial charge in [-0.25, -0.2) is 4.79 Å². The molecule has 0 fully saturated rings. The van der Waals surface area contributed by atoms with Gasteiger partial charge in [-0.3, -0.25) is 0 Å². The summed E-state index contributed by atoms with van der Waals surface area (Å²) >= 11 is 0. The van der Waals surface area contributed by atoms with E-state index in [4.69, 9.17) is 4.43 Å². The van der Waals surface area contributed by atoms with E-state index in [1.54, 1.807) is 0 Å². The van der Waals surface area contributed by atoms with Crippen LogP contribution in [0.4, 0.5) is 0 Å². The van der Waals surface area contributed by atoms with E-state index in [2.05, 4.69) is 9.99 Å². The van der Waals surface area contributed by atoms with E-state index in [1.165, 1.54) is 7.11 Å². The number of carbonyl (C=O) groups excluding carboxylic acids is 1. The Morgan fingerprint density at radius 1 is 1.40 bits per heavy atom. The Balaban J connectivity index is 4.66. The average molecular weight is 231 g/mol. The second-order valence-corrected chi connectivity index (χ2v) is 8.90. The predicted molar refractivity (Wildman–Crippen MR) is 63.3 cm³/mol. The van der Waals surface area contributed by atoms with E-state index in [9.17, 15) is 4.79 Å². The second kappa shape index (κ2) is 5.90. The molecule has 15 heavy (non-hydrogen) atoms. The molecule has 0 N–H and O–H groups in total. The van der Waals surface area contributed by atoms with Gasteiger partial charge in [0.2, 0.25) is 8.32 Å². The Morgan fingerprint density at radius 2 is 1.93 bits per heavy atom. The molecule has 0 saturated heterocycles. The number of carbonyl (C=O) groups is 1. The van der Waals surface area contributed by atoms with Crippen LogP contribution >= 0.6 is 0 Å². The molecule has 1 unspecified atom stereocenters. The Bertz CT molecular complexity index is 246. The zero-order chi connectivity index (χ0) is 12.1. The minimum atomic E-state index is -1.86. The van der Waals surface area contributed by atoms with Crippen LogP contribution in [0.1, 0.15) is 20.3 Å². The van der Waals surface area contributed by atoms with E-state index < -0.39 is 8.32 Å². The summed E-state index contributed by atoms with van der Waals surface area (Å²) in [5, 5.41) is 3.74. The maximum absolute atomic E-state index is 11.8. The van der Waals surface area contributed by atoms with Gasteiger partial charge in [0.15, 0.2) is 5.71 Å². The maximum atomic E-state index is 11.8. The van der Waals surface area contributed by atoms with Crippen LogP contribution in [0.5, 0.6) is 0 Å². The van der Waals surface area contributed by atoms with Crippen molar-refractivity contribution >= 4 is 20.0 Å². The third-order valence-electron chi connectivity index (χ3n) is 1.88. The summed E-state index contributed by atoms with van der Waals surface area (Å²) in [5.41, 5.74) is 0.377. The van der Waals surface area contributed by atoms with Crippen molar-refractivity contribution in [2.75, 3.05) is 7.11 Å². The van der Waals surface area contributed by atoms with Crippen LogP contribution in [-0.2, 0) is 14.1 Å². The maximum Gasteiger partial charge on any atom is 0.343 e. The number of oxime groups is 1. The van der Waals surface area contributed by atoms with Gasteiger partial charge in [-0.1, -0.05) is 19.0 Å². The van der Waals surface area contributed by atoms with Crippen molar-refractivity contribution in [3.05, 3.63) is 0 Å². The molecule has 0 radical (unpaired) electrons. The average Bonchev–Trinajstić information content (AvgIpc) is 2.10. The third kappa shape index (κ3) is 5.56. The molecule has 0 spiro atoms. The molecule has 88 valence electrons. The molecule has 0 bridgehead atoms. The second-order valence-electron chi connectivity index (χ2n) is 4.47. The lowest BCUT2D eigenvalue weighted by Crippen LogP contribution is -2.35. The zero-order valence-electron chi connectivity index (χ0n) is 10.5. The SMILES string of the molecule is CCC(C)/C(=N/OC)C(=O)O[Si](C)(C)C. The highest BCUT2D eigenvalue weighted by Crippen LogP contribution is 2.10. The topological polar surface area (TPSA) is 47.9 Å². The number of hydrogen-bond donors (Lipinski definition) is 0. The fourth-order valence-electron chi connectivity index (χ4n) is 0.950. The fourth-order valence-corrected chi connectivity index (χ4v) is 1.61. The zero-order valence-corrected chi connectivity index (χ0v) is 11.5. The van der Waals surface area contributed by atoms with Crippen molar-refractivity contribution in [3.8, 4) is 0 Å². The molecule has 0 saturated carbocycles. The summed E-state index contributed by atoms with van der Waals surface area (Å²) in [6.07, 6.45) is 0.836. The normalized spacial score (nSPS) is 14.7. The van der Waals surface area contributed by atoms with Crippen molar-refractivity contribution < 1.29 is 14.1 Å². The summed E-state index contributed by atoms with van der Waals surface area (Å²) in [6.45, 7) is 9.82. The highest BCUT2D eigenvalue weighted by Gasteiger charge is 2.26. The van der Waals surface area contributed by atoms with Crippen molar-refractivity contribution in [2.45, 2.75) is 39.9 Å². The Labute approximate surface area is 92.8 Å². The van der Waals surface area contributed by atoms with Crippen LogP contribution in [0.3, 0.4) is 0 Å². The fraction of sp³-hybridized carbons (Fsp3) is 0.800. The smallest absolute Gasteiger partial charge is 0.343 e.